The van der Waals surface area contributed by atoms with Gasteiger partial charge in [0, 0.05) is 24.3 Å². The summed E-state index contributed by atoms with van der Waals surface area (Å²) in [5.41, 5.74) is -3.84. The fourth-order valence-corrected chi connectivity index (χ4v) is 3.17. The highest BCUT2D eigenvalue weighted by molar-refractivity contribution is 7.93. The number of aromatic hydroxyl groups is 1. The molecule has 0 unspecified atom stereocenters. The quantitative estimate of drug-likeness (QED) is 0.846. The van der Waals surface area contributed by atoms with Crippen molar-refractivity contribution in [3.05, 3.63) is 59.2 Å². The molecule has 138 valence electrons. The lowest BCUT2D eigenvalue weighted by Crippen LogP contribution is -2.29. The lowest BCUT2D eigenvalue weighted by Gasteiger charge is -2.16. The van der Waals surface area contributed by atoms with Crippen molar-refractivity contribution < 1.29 is 31.5 Å². The Labute approximate surface area is 146 Å². The molecule has 0 aromatic heterocycles. The van der Waals surface area contributed by atoms with Crippen LogP contribution >= 0.6 is 0 Å². The van der Waals surface area contributed by atoms with Crippen LogP contribution in [0, 0.1) is 0 Å². The summed E-state index contributed by atoms with van der Waals surface area (Å²) in [4.78, 5) is 13.8. The topological polar surface area (TPSA) is 86.7 Å². The van der Waals surface area contributed by atoms with Crippen LogP contribution in [0.4, 0.5) is 18.9 Å². The molecule has 0 fully saturated rings. The number of alkyl halides is 3. The van der Waals surface area contributed by atoms with E-state index in [2.05, 4.69) is 0 Å². The molecule has 2 N–H and O–H groups in total. The van der Waals surface area contributed by atoms with Crippen molar-refractivity contribution in [2.24, 2.45) is 0 Å². The van der Waals surface area contributed by atoms with Gasteiger partial charge in [0.25, 0.3) is 5.91 Å². The largest absolute Gasteiger partial charge is 0.516 e. The molecule has 1 heterocycles. The molecular formula is C16H13F3N2O4S. The van der Waals surface area contributed by atoms with Gasteiger partial charge < -0.3 is 10.0 Å². The van der Waals surface area contributed by atoms with E-state index in [1.54, 1.807) is 0 Å². The summed E-state index contributed by atoms with van der Waals surface area (Å²) in [5.74, 6) is -0.165. The fourth-order valence-electron chi connectivity index (χ4n) is 2.61. The second kappa shape index (κ2) is 6.20. The number of phenols is 1. The number of amides is 1. The molecule has 1 amide bonds. The third-order valence-corrected chi connectivity index (χ3v) is 4.97. The molecule has 0 spiro atoms. The van der Waals surface area contributed by atoms with Crippen molar-refractivity contribution in [2.45, 2.75) is 18.6 Å². The zero-order valence-corrected chi connectivity index (χ0v) is 13.9. The molecule has 3 rings (SSSR count). The van der Waals surface area contributed by atoms with Crippen molar-refractivity contribution in [2.75, 3.05) is 4.72 Å². The number of fused-ring (bicyclic) bond motifs is 1. The molecule has 0 atom stereocenters. The van der Waals surface area contributed by atoms with Gasteiger partial charge in [-0.1, -0.05) is 12.1 Å². The molecule has 0 aliphatic carbocycles. The Bertz CT molecular complexity index is 956. The summed E-state index contributed by atoms with van der Waals surface area (Å²) in [5, 5.41) is 9.47. The van der Waals surface area contributed by atoms with Crippen LogP contribution in [0.1, 0.15) is 21.5 Å². The molecule has 0 saturated carbocycles. The van der Waals surface area contributed by atoms with E-state index in [-0.39, 0.29) is 23.9 Å². The van der Waals surface area contributed by atoms with Gasteiger partial charge in [-0.15, -0.1) is 0 Å². The van der Waals surface area contributed by atoms with Crippen LogP contribution in [0.25, 0.3) is 0 Å². The van der Waals surface area contributed by atoms with Gasteiger partial charge in [-0.3, -0.25) is 9.52 Å². The monoisotopic (exact) mass is 386 g/mol. The molecule has 0 bridgehead atoms. The van der Waals surface area contributed by atoms with Crippen LogP contribution in [-0.2, 0) is 23.1 Å². The standard InChI is InChI=1S/C16H13F3N2O4S/c17-16(18,19)26(24,25)20-12-3-1-10(2-4-12)8-21-9-11-7-13(22)5-6-14(11)15(21)23/h1-7,20,22H,8-9H2. The number of halogens is 3. The number of benzene rings is 2. The lowest BCUT2D eigenvalue weighted by molar-refractivity contribution is -0.0429. The van der Waals surface area contributed by atoms with Crippen molar-refractivity contribution in [3.8, 4) is 5.75 Å². The summed E-state index contributed by atoms with van der Waals surface area (Å²) >= 11 is 0. The first kappa shape index (κ1) is 18.1. The highest BCUT2D eigenvalue weighted by atomic mass is 32.2. The first-order chi connectivity index (χ1) is 12.1. The van der Waals surface area contributed by atoms with Crippen LogP contribution in [0.2, 0.25) is 0 Å². The van der Waals surface area contributed by atoms with Crippen molar-refractivity contribution in [3.63, 3.8) is 0 Å². The molecular weight excluding hydrogens is 373 g/mol. The molecule has 0 saturated heterocycles. The number of rotatable bonds is 4. The Morgan fingerprint density at radius 3 is 2.38 bits per heavy atom. The predicted octanol–water partition coefficient (Wildman–Crippen LogP) is 2.81. The second-order valence-corrected chi connectivity index (χ2v) is 7.42. The number of nitrogens with one attached hydrogen (secondary N) is 1. The Morgan fingerprint density at radius 1 is 1.12 bits per heavy atom. The molecule has 26 heavy (non-hydrogen) atoms. The predicted molar refractivity (Wildman–Crippen MR) is 86.7 cm³/mol. The van der Waals surface area contributed by atoms with Gasteiger partial charge in [-0.2, -0.15) is 21.6 Å². The summed E-state index contributed by atoms with van der Waals surface area (Å²) < 4.78 is 60.7. The highest BCUT2D eigenvalue weighted by Crippen LogP contribution is 2.28. The molecule has 1 aliphatic rings. The molecule has 10 heteroatoms. The third kappa shape index (κ3) is 3.45. The Kier molecular flexibility index (Phi) is 4.31. The SMILES string of the molecule is O=C1c2ccc(O)cc2CN1Cc1ccc(NS(=O)(=O)C(F)(F)F)cc1. The van der Waals surface area contributed by atoms with E-state index >= 15 is 0 Å². The van der Waals surface area contributed by atoms with Crippen LogP contribution in [0.5, 0.6) is 5.75 Å². The summed E-state index contributed by atoms with van der Waals surface area (Å²) in [6.07, 6.45) is 0. The molecule has 2 aromatic rings. The van der Waals surface area contributed by atoms with E-state index in [1.165, 1.54) is 52.1 Å². The van der Waals surface area contributed by atoms with Gasteiger partial charge in [0.05, 0.1) is 0 Å². The first-order valence-corrected chi connectivity index (χ1v) is 8.84. The van der Waals surface area contributed by atoms with E-state index in [0.717, 1.165) is 0 Å². The Balaban J connectivity index is 1.70. The minimum absolute atomic E-state index is 0.0553. The molecule has 6 nitrogen and oxygen atoms in total. The number of sulfonamides is 1. The lowest BCUT2D eigenvalue weighted by atomic mass is 10.1. The molecule has 2 aromatic carbocycles. The first-order valence-electron chi connectivity index (χ1n) is 7.36. The third-order valence-electron chi connectivity index (χ3n) is 3.85. The second-order valence-electron chi connectivity index (χ2n) is 5.75. The minimum atomic E-state index is -5.47. The minimum Gasteiger partial charge on any atom is -0.508 e. The number of hydrogen-bond donors (Lipinski definition) is 2. The van der Waals surface area contributed by atoms with E-state index in [0.29, 0.717) is 23.2 Å². The maximum Gasteiger partial charge on any atom is 0.516 e. The maximum atomic E-state index is 12.4. The summed E-state index contributed by atoms with van der Waals surface area (Å²) in [6.45, 7) is 0.492. The molecule has 1 aliphatic heterocycles. The average Bonchev–Trinajstić information content (AvgIpc) is 2.83. The summed E-state index contributed by atoms with van der Waals surface area (Å²) in [6, 6.07) is 9.70. The number of carbonyl (C=O) groups excluding carboxylic acids is 1. The van der Waals surface area contributed by atoms with Crippen LogP contribution in [-0.4, -0.2) is 29.8 Å². The number of nitrogens with zero attached hydrogens (tertiary/aromatic N) is 1. The average molecular weight is 386 g/mol. The van der Waals surface area contributed by atoms with Crippen LogP contribution < -0.4 is 4.72 Å². The zero-order chi connectivity index (χ0) is 19.1. The Hall–Kier alpha value is -2.75. The highest BCUT2D eigenvalue weighted by Gasteiger charge is 2.46. The number of phenolic OH excluding ortho intramolecular Hbond substituents is 1. The van der Waals surface area contributed by atoms with Gasteiger partial charge in [0.1, 0.15) is 5.75 Å². The van der Waals surface area contributed by atoms with Crippen molar-refractivity contribution in [1.29, 1.82) is 0 Å². The van der Waals surface area contributed by atoms with E-state index in [4.69, 9.17) is 0 Å². The van der Waals surface area contributed by atoms with E-state index in [9.17, 15) is 31.5 Å². The van der Waals surface area contributed by atoms with Crippen LogP contribution in [0.15, 0.2) is 42.5 Å². The number of hydrogen-bond acceptors (Lipinski definition) is 4. The van der Waals surface area contributed by atoms with Gasteiger partial charge in [0.15, 0.2) is 0 Å². The smallest absolute Gasteiger partial charge is 0.508 e. The van der Waals surface area contributed by atoms with Crippen molar-refractivity contribution in [1.82, 2.24) is 4.90 Å². The van der Waals surface area contributed by atoms with Gasteiger partial charge in [0.2, 0.25) is 0 Å². The zero-order valence-electron chi connectivity index (χ0n) is 13.1. The fraction of sp³-hybridized carbons (Fsp3) is 0.188. The summed E-state index contributed by atoms with van der Waals surface area (Å²) in [7, 11) is -5.47. The maximum absolute atomic E-state index is 12.4. The van der Waals surface area contributed by atoms with E-state index in [1.807, 2.05) is 0 Å². The number of anilines is 1. The molecule has 0 radical (unpaired) electrons. The van der Waals surface area contributed by atoms with Gasteiger partial charge in [-0.25, -0.2) is 0 Å². The van der Waals surface area contributed by atoms with Gasteiger partial charge in [-0.05, 0) is 41.5 Å². The van der Waals surface area contributed by atoms with Crippen molar-refractivity contribution >= 4 is 21.6 Å². The normalized spacial score (nSPS) is 14.4. The van der Waals surface area contributed by atoms with Crippen LogP contribution in [0.3, 0.4) is 0 Å². The Morgan fingerprint density at radius 2 is 1.77 bits per heavy atom. The van der Waals surface area contributed by atoms with E-state index < -0.39 is 15.5 Å². The number of carbonyl (C=O) groups is 1. The van der Waals surface area contributed by atoms with Gasteiger partial charge >= 0.3 is 15.5 Å².